The van der Waals surface area contributed by atoms with Crippen molar-refractivity contribution >= 4 is 5.91 Å². The van der Waals surface area contributed by atoms with Crippen LogP contribution in [0.4, 0.5) is 0 Å². The quantitative estimate of drug-likeness (QED) is 0.0465. The average molecular weight is 668 g/mol. The first-order valence-electron chi connectivity index (χ1n) is 20.2. The van der Waals surface area contributed by atoms with Gasteiger partial charge in [-0.15, -0.1) is 0 Å². The third-order valence-electron chi connectivity index (χ3n) is 8.69. The van der Waals surface area contributed by atoms with Gasteiger partial charge >= 0.3 is 0 Å². The molecule has 0 aliphatic rings. The molecule has 3 N–H and O–H groups in total. The van der Waals surface area contributed by atoms with Crippen LogP contribution in [0.1, 0.15) is 181 Å². The molecule has 0 saturated heterocycles. The first-order chi connectivity index (χ1) is 23.7. The van der Waals surface area contributed by atoms with E-state index in [0.717, 1.165) is 44.9 Å². The molecule has 0 aromatic rings. The van der Waals surface area contributed by atoms with Gasteiger partial charge in [0.2, 0.25) is 5.91 Å². The number of unbranched alkanes of at least 4 members (excludes halogenated alkanes) is 18. The van der Waals surface area contributed by atoms with Gasteiger partial charge in [-0.05, 0) is 57.8 Å². The molecule has 0 aromatic heterocycles. The molecule has 2 atom stereocenters. The molecule has 0 fully saturated rings. The summed E-state index contributed by atoms with van der Waals surface area (Å²) < 4.78 is 0. The minimum absolute atomic E-state index is 0.156. The normalized spacial score (nSPS) is 13.8. The lowest BCUT2D eigenvalue weighted by Gasteiger charge is -2.19. The number of amides is 1. The molecular formula is C44H77NO3. The zero-order valence-corrected chi connectivity index (χ0v) is 31.5. The maximum atomic E-state index is 12.3. The Kier molecular flexibility index (Phi) is 37.5. The molecule has 4 heteroatoms. The second-order valence-electron chi connectivity index (χ2n) is 13.3. The summed E-state index contributed by atoms with van der Waals surface area (Å²) in [7, 11) is 0. The second-order valence-corrected chi connectivity index (χ2v) is 13.3. The molecule has 1 amide bonds. The number of carbonyl (C=O) groups excluding carboxylic acids is 1. The number of nitrogens with one attached hydrogen (secondary N) is 1. The van der Waals surface area contributed by atoms with Crippen molar-refractivity contribution in [2.45, 2.75) is 193 Å². The maximum Gasteiger partial charge on any atom is 0.220 e. The van der Waals surface area contributed by atoms with Gasteiger partial charge in [0.15, 0.2) is 0 Å². The topological polar surface area (TPSA) is 69.6 Å². The largest absolute Gasteiger partial charge is 0.394 e. The summed E-state index contributed by atoms with van der Waals surface area (Å²) >= 11 is 0. The van der Waals surface area contributed by atoms with Gasteiger partial charge in [-0.25, -0.2) is 0 Å². The van der Waals surface area contributed by atoms with Gasteiger partial charge in [-0.3, -0.25) is 4.79 Å². The van der Waals surface area contributed by atoms with Gasteiger partial charge in [-0.2, -0.15) is 0 Å². The van der Waals surface area contributed by atoms with Gasteiger partial charge in [0.1, 0.15) is 0 Å². The molecule has 0 rings (SSSR count). The molecule has 48 heavy (non-hydrogen) atoms. The van der Waals surface area contributed by atoms with Gasteiger partial charge < -0.3 is 15.5 Å². The summed E-state index contributed by atoms with van der Waals surface area (Å²) in [4.78, 5) is 12.3. The van der Waals surface area contributed by atoms with Crippen LogP contribution in [0.15, 0.2) is 72.9 Å². The third kappa shape index (κ3) is 35.1. The van der Waals surface area contributed by atoms with Crippen LogP contribution in [0.2, 0.25) is 0 Å². The first kappa shape index (κ1) is 45.8. The number of carbonyl (C=O) groups is 1. The van der Waals surface area contributed by atoms with Gasteiger partial charge in [0.05, 0.1) is 18.8 Å². The van der Waals surface area contributed by atoms with E-state index in [-0.39, 0.29) is 12.5 Å². The maximum absolute atomic E-state index is 12.3. The molecule has 0 aromatic carbocycles. The smallest absolute Gasteiger partial charge is 0.220 e. The van der Waals surface area contributed by atoms with E-state index in [2.05, 4.69) is 73.8 Å². The zero-order valence-electron chi connectivity index (χ0n) is 31.5. The molecule has 0 saturated carbocycles. The van der Waals surface area contributed by atoms with E-state index < -0.39 is 12.1 Å². The SMILES string of the molecule is CC/C=C\C/C=C\C/C=C\C/C=C\CCC(=O)NC(CO)C(O)/C=C/CC/C=C/CCCCCCCCCCCCCCCCCCC. The molecule has 276 valence electrons. The van der Waals surface area contributed by atoms with E-state index in [0.29, 0.717) is 12.8 Å². The Bertz CT molecular complexity index is 853. The van der Waals surface area contributed by atoms with Crippen LogP contribution in [0, 0.1) is 0 Å². The van der Waals surface area contributed by atoms with Crippen molar-refractivity contribution in [3.63, 3.8) is 0 Å². The van der Waals surface area contributed by atoms with Crippen molar-refractivity contribution in [3.05, 3.63) is 72.9 Å². The Morgan fingerprint density at radius 1 is 0.521 bits per heavy atom. The van der Waals surface area contributed by atoms with Crippen LogP contribution in [0.3, 0.4) is 0 Å². The molecule has 2 unspecified atom stereocenters. The Balaban J connectivity index is 3.70. The first-order valence-corrected chi connectivity index (χ1v) is 20.2. The number of allylic oxidation sites excluding steroid dienone is 11. The summed E-state index contributed by atoms with van der Waals surface area (Å²) in [5.74, 6) is -0.156. The van der Waals surface area contributed by atoms with Gasteiger partial charge in [-0.1, -0.05) is 189 Å². The lowest BCUT2D eigenvalue weighted by molar-refractivity contribution is -0.122. The minimum Gasteiger partial charge on any atom is -0.394 e. The van der Waals surface area contributed by atoms with Crippen molar-refractivity contribution in [3.8, 4) is 0 Å². The number of hydrogen-bond acceptors (Lipinski definition) is 3. The van der Waals surface area contributed by atoms with Crippen LogP contribution < -0.4 is 5.32 Å². The van der Waals surface area contributed by atoms with Crippen LogP contribution >= 0.6 is 0 Å². The van der Waals surface area contributed by atoms with Crippen molar-refractivity contribution < 1.29 is 15.0 Å². The van der Waals surface area contributed by atoms with Crippen molar-refractivity contribution in [1.29, 1.82) is 0 Å². The summed E-state index contributed by atoms with van der Waals surface area (Å²) in [6.07, 6.45) is 55.9. The van der Waals surface area contributed by atoms with E-state index in [1.807, 2.05) is 12.2 Å². The van der Waals surface area contributed by atoms with Crippen LogP contribution in [0.25, 0.3) is 0 Å². The van der Waals surface area contributed by atoms with Crippen LogP contribution in [-0.2, 0) is 4.79 Å². The lowest BCUT2D eigenvalue weighted by atomic mass is 10.0. The second kappa shape index (κ2) is 39.3. The predicted molar refractivity (Wildman–Crippen MR) is 211 cm³/mol. The highest BCUT2D eigenvalue weighted by molar-refractivity contribution is 5.76. The standard InChI is InChI=1S/C44H77NO3/c1-3-5-7-9-11-13-15-17-18-19-20-21-22-23-24-25-26-28-29-31-33-35-37-39-43(47)42(41-46)45-44(48)40-38-36-34-32-30-27-16-14-12-10-8-6-4-2/h6,8,12,14,27,29-31,34,36-37,39,42-43,46-47H,3-5,7,9-11,13,15-26,28,32-33,35,38,40-41H2,1-2H3,(H,45,48)/b8-6-,14-12-,30-27-,31-29+,36-34-,39-37+. The molecule has 0 aliphatic heterocycles. The Hall–Kier alpha value is -2.17. The molecular weight excluding hydrogens is 590 g/mol. The molecule has 4 nitrogen and oxygen atoms in total. The summed E-state index contributed by atoms with van der Waals surface area (Å²) in [5.41, 5.74) is 0. The van der Waals surface area contributed by atoms with Crippen molar-refractivity contribution in [2.24, 2.45) is 0 Å². The van der Waals surface area contributed by atoms with E-state index >= 15 is 0 Å². The predicted octanol–water partition coefficient (Wildman–Crippen LogP) is 12.3. The molecule has 0 heterocycles. The fraction of sp³-hybridized carbons (Fsp3) is 0.705. The zero-order chi connectivity index (χ0) is 35.0. The average Bonchev–Trinajstić information content (AvgIpc) is 3.09. The number of rotatable bonds is 35. The van der Waals surface area contributed by atoms with Crippen molar-refractivity contribution in [2.75, 3.05) is 6.61 Å². The fourth-order valence-electron chi connectivity index (χ4n) is 5.61. The van der Waals surface area contributed by atoms with E-state index in [4.69, 9.17) is 0 Å². The Labute approximate surface area is 298 Å². The third-order valence-corrected chi connectivity index (χ3v) is 8.69. The van der Waals surface area contributed by atoms with E-state index in [9.17, 15) is 15.0 Å². The minimum atomic E-state index is -0.893. The summed E-state index contributed by atoms with van der Waals surface area (Å²) in [5, 5.41) is 22.8. The van der Waals surface area contributed by atoms with E-state index in [1.54, 1.807) is 6.08 Å². The molecule has 0 radical (unpaired) electrons. The van der Waals surface area contributed by atoms with Crippen molar-refractivity contribution in [1.82, 2.24) is 5.32 Å². The van der Waals surface area contributed by atoms with Crippen LogP contribution in [0.5, 0.6) is 0 Å². The monoisotopic (exact) mass is 668 g/mol. The molecule has 0 spiro atoms. The number of aliphatic hydroxyl groups excluding tert-OH is 2. The number of aliphatic hydroxyl groups is 2. The number of hydrogen-bond donors (Lipinski definition) is 3. The highest BCUT2D eigenvalue weighted by atomic mass is 16.3. The lowest BCUT2D eigenvalue weighted by Crippen LogP contribution is -2.45. The summed E-state index contributed by atoms with van der Waals surface area (Å²) in [6, 6.07) is -0.679. The highest BCUT2D eigenvalue weighted by Gasteiger charge is 2.17. The molecule has 0 aliphatic carbocycles. The van der Waals surface area contributed by atoms with Gasteiger partial charge in [0, 0.05) is 6.42 Å². The highest BCUT2D eigenvalue weighted by Crippen LogP contribution is 2.14. The summed E-state index contributed by atoms with van der Waals surface area (Å²) in [6.45, 7) is 4.14. The Morgan fingerprint density at radius 2 is 0.938 bits per heavy atom. The van der Waals surface area contributed by atoms with E-state index in [1.165, 1.54) is 109 Å². The van der Waals surface area contributed by atoms with Crippen LogP contribution in [-0.4, -0.2) is 34.9 Å². The fourth-order valence-corrected chi connectivity index (χ4v) is 5.61. The Morgan fingerprint density at radius 3 is 1.44 bits per heavy atom. The van der Waals surface area contributed by atoms with Gasteiger partial charge in [0.25, 0.3) is 0 Å². The molecule has 0 bridgehead atoms.